The highest BCUT2D eigenvalue weighted by Gasteiger charge is 2.13. The van der Waals surface area contributed by atoms with Gasteiger partial charge in [0.25, 0.3) is 0 Å². The van der Waals surface area contributed by atoms with Gasteiger partial charge in [-0.3, -0.25) is 0 Å². The Kier molecular flexibility index (Phi) is 4.89. The van der Waals surface area contributed by atoms with E-state index in [0.717, 1.165) is 5.56 Å². The number of rotatable bonds is 4. The van der Waals surface area contributed by atoms with Crippen LogP contribution >= 0.6 is 23.4 Å². The Bertz CT molecular complexity index is 702. The zero-order chi connectivity index (χ0) is 15.4. The minimum Gasteiger partial charge on any atom is -0.495 e. The first-order valence-corrected chi connectivity index (χ1v) is 7.33. The number of nitrogens with two attached hydrogens (primary N) is 1. The van der Waals surface area contributed by atoms with Crippen molar-refractivity contribution in [2.45, 2.75) is 17.3 Å². The quantitative estimate of drug-likeness (QED) is 0.686. The third-order valence-corrected chi connectivity index (χ3v) is 4.17. The highest BCUT2D eigenvalue weighted by atomic mass is 35.5. The molecular weight excluding hydrogens is 308 g/mol. The lowest BCUT2D eigenvalue weighted by atomic mass is 10.1. The van der Waals surface area contributed by atoms with Crippen LogP contribution < -0.4 is 10.5 Å². The van der Waals surface area contributed by atoms with Gasteiger partial charge >= 0.3 is 0 Å². The van der Waals surface area contributed by atoms with Crippen molar-refractivity contribution in [1.29, 1.82) is 5.26 Å². The van der Waals surface area contributed by atoms with Crippen LogP contribution in [0.3, 0.4) is 0 Å². The molecule has 0 amide bonds. The van der Waals surface area contributed by atoms with Crippen molar-refractivity contribution in [3.05, 3.63) is 40.5 Å². The molecule has 0 saturated heterocycles. The Hall–Kier alpha value is -1.97. The fourth-order valence-corrected chi connectivity index (χ4v) is 2.81. The van der Waals surface area contributed by atoms with Gasteiger partial charge in [0.1, 0.15) is 23.2 Å². The summed E-state index contributed by atoms with van der Waals surface area (Å²) in [5, 5.41) is 9.97. The molecule has 0 spiro atoms. The third kappa shape index (κ3) is 3.57. The molecule has 0 fully saturated rings. The molecule has 21 heavy (non-hydrogen) atoms. The van der Waals surface area contributed by atoms with Crippen molar-refractivity contribution in [1.82, 2.24) is 9.97 Å². The predicted molar refractivity (Wildman–Crippen MR) is 83.4 cm³/mol. The Morgan fingerprint density at radius 3 is 2.81 bits per heavy atom. The predicted octanol–water partition coefficient (Wildman–Crippen LogP) is 3.45. The number of anilines is 1. The number of nitriles is 1. The molecule has 108 valence electrons. The van der Waals surface area contributed by atoms with Crippen LogP contribution in [-0.4, -0.2) is 17.1 Å². The van der Waals surface area contributed by atoms with Crippen LogP contribution in [0.2, 0.25) is 5.02 Å². The smallest absolute Gasteiger partial charge is 0.190 e. The van der Waals surface area contributed by atoms with Gasteiger partial charge in [-0.1, -0.05) is 29.4 Å². The summed E-state index contributed by atoms with van der Waals surface area (Å²) in [5.74, 6) is 0.825. The molecule has 1 atom stereocenters. The van der Waals surface area contributed by atoms with Gasteiger partial charge in [-0.2, -0.15) is 5.26 Å². The summed E-state index contributed by atoms with van der Waals surface area (Å²) in [5.41, 5.74) is 6.99. The normalized spacial score (nSPS) is 11.7. The monoisotopic (exact) mass is 320 g/mol. The van der Waals surface area contributed by atoms with E-state index < -0.39 is 0 Å². The second kappa shape index (κ2) is 6.66. The molecule has 2 N–H and O–H groups in total. The molecule has 0 aliphatic rings. The van der Waals surface area contributed by atoms with Crippen LogP contribution in [0.1, 0.15) is 23.3 Å². The molecule has 2 aromatic rings. The molecule has 0 aliphatic carbocycles. The number of ether oxygens (including phenoxy) is 1. The van der Waals surface area contributed by atoms with E-state index in [1.165, 1.54) is 18.0 Å². The highest BCUT2D eigenvalue weighted by Crippen LogP contribution is 2.36. The first-order valence-electron chi connectivity index (χ1n) is 6.08. The molecule has 0 radical (unpaired) electrons. The van der Waals surface area contributed by atoms with Crippen LogP contribution in [0, 0.1) is 11.3 Å². The van der Waals surface area contributed by atoms with E-state index in [9.17, 15) is 0 Å². The highest BCUT2D eigenvalue weighted by molar-refractivity contribution is 7.99. The molecule has 2 rings (SSSR count). The first-order chi connectivity index (χ1) is 10.0. The Balaban J connectivity index is 2.18. The van der Waals surface area contributed by atoms with Crippen molar-refractivity contribution < 1.29 is 4.74 Å². The molecule has 1 aromatic carbocycles. The Morgan fingerprint density at radius 2 is 2.24 bits per heavy atom. The van der Waals surface area contributed by atoms with Crippen LogP contribution in [0.15, 0.2) is 29.6 Å². The molecule has 7 heteroatoms. The summed E-state index contributed by atoms with van der Waals surface area (Å²) in [6.07, 6.45) is 1.43. The van der Waals surface area contributed by atoms with E-state index in [-0.39, 0.29) is 16.6 Å². The van der Waals surface area contributed by atoms with Gasteiger partial charge in [0, 0.05) is 5.25 Å². The number of nitrogen functional groups attached to an aromatic ring is 1. The molecule has 0 unspecified atom stereocenters. The maximum Gasteiger partial charge on any atom is 0.190 e. The summed E-state index contributed by atoms with van der Waals surface area (Å²) in [6.45, 7) is 2.01. The lowest BCUT2D eigenvalue weighted by Gasteiger charge is -2.12. The van der Waals surface area contributed by atoms with Crippen molar-refractivity contribution in [3.63, 3.8) is 0 Å². The Morgan fingerprint density at radius 1 is 1.48 bits per heavy atom. The Labute approximate surface area is 132 Å². The number of thioether (sulfide) groups is 1. The molecular formula is C14H13ClN4OS. The van der Waals surface area contributed by atoms with Gasteiger partial charge in [0.05, 0.1) is 18.3 Å². The van der Waals surface area contributed by atoms with Crippen LogP contribution in [-0.2, 0) is 0 Å². The lowest BCUT2D eigenvalue weighted by Crippen LogP contribution is -1.99. The minimum absolute atomic E-state index is 0.0840. The average molecular weight is 321 g/mol. The average Bonchev–Trinajstić information content (AvgIpc) is 2.47. The number of nitrogens with zero attached hydrogens (tertiary/aromatic N) is 3. The van der Waals surface area contributed by atoms with E-state index in [2.05, 4.69) is 9.97 Å². The van der Waals surface area contributed by atoms with Crippen LogP contribution in [0.5, 0.6) is 5.75 Å². The maximum atomic E-state index is 8.81. The van der Waals surface area contributed by atoms with Gasteiger partial charge in [0.15, 0.2) is 5.16 Å². The van der Waals surface area contributed by atoms with Gasteiger partial charge in [0.2, 0.25) is 0 Å². The van der Waals surface area contributed by atoms with E-state index in [0.29, 0.717) is 15.9 Å². The molecule has 1 aromatic heterocycles. The molecule has 0 aliphatic heterocycles. The van der Waals surface area contributed by atoms with Crippen molar-refractivity contribution in [2.75, 3.05) is 12.8 Å². The van der Waals surface area contributed by atoms with Gasteiger partial charge in [-0.15, -0.1) is 0 Å². The fourth-order valence-electron chi connectivity index (χ4n) is 1.68. The van der Waals surface area contributed by atoms with E-state index >= 15 is 0 Å². The van der Waals surface area contributed by atoms with Crippen molar-refractivity contribution in [3.8, 4) is 11.8 Å². The van der Waals surface area contributed by atoms with Crippen molar-refractivity contribution >= 4 is 29.2 Å². The number of benzene rings is 1. The maximum absolute atomic E-state index is 8.81. The molecule has 0 bridgehead atoms. The summed E-state index contributed by atoms with van der Waals surface area (Å²) >= 11 is 7.56. The summed E-state index contributed by atoms with van der Waals surface area (Å²) in [4.78, 5) is 8.24. The third-order valence-electron chi connectivity index (χ3n) is 2.84. The first kappa shape index (κ1) is 15.4. The molecule has 1 heterocycles. The number of halogens is 1. The zero-order valence-electron chi connectivity index (χ0n) is 11.5. The van der Waals surface area contributed by atoms with Crippen LogP contribution in [0.4, 0.5) is 5.82 Å². The summed E-state index contributed by atoms with van der Waals surface area (Å²) < 4.78 is 5.13. The summed E-state index contributed by atoms with van der Waals surface area (Å²) in [7, 11) is 1.58. The van der Waals surface area contributed by atoms with Gasteiger partial charge in [-0.25, -0.2) is 9.97 Å². The van der Waals surface area contributed by atoms with E-state index in [1.807, 2.05) is 31.2 Å². The summed E-state index contributed by atoms with van der Waals surface area (Å²) in [6, 6.07) is 7.55. The van der Waals surface area contributed by atoms with E-state index in [4.69, 9.17) is 27.3 Å². The topological polar surface area (TPSA) is 84.8 Å². The molecule has 0 saturated carbocycles. The standard InChI is InChI=1S/C14H13ClN4OS/c1-8(9-3-4-12(20-2)11(15)5-9)21-14-18-7-10(6-16)13(17)19-14/h3-5,7-8H,1-2H3,(H2,17,18,19)/t8-/m0/s1. The number of hydrogen-bond donors (Lipinski definition) is 1. The van der Waals surface area contributed by atoms with Crippen molar-refractivity contribution in [2.24, 2.45) is 0 Å². The van der Waals surface area contributed by atoms with Crippen LogP contribution in [0.25, 0.3) is 0 Å². The number of hydrogen-bond acceptors (Lipinski definition) is 6. The fraction of sp³-hybridized carbons (Fsp3) is 0.214. The van der Waals surface area contributed by atoms with E-state index in [1.54, 1.807) is 7.11 Å². The second-order valence-corrected chi connectivity index (χ2v) is 5.93. The number of aromatic nitrogens is 2. The minimum atomic E-state index is 0.0840. The SMILES string of the molecule is COc1ccc([C@H](C)Sc2ncc(C#N)c(N)n2)cc1Cl. The lowest BCUT2D eigenvalue weighted by molar-refractivity contribution is 0.415. The zero-order valence-corrected chi connectivity index (χ0v) is 13.1. The van der Waals surface area contributed by atoms with Gasteiger partial charge < -0.3 is 10.5 Å². The largest absolute Gasteiger partial charge is 0.495 e. The van der Waals surface area contributed by atoms with Gasteiger partial charge in [-0.05, 0) is 24.6 Å². The second-order valence-electron chi connectivity index (χ2n) is 4.22. The molecule has 5 nitrogen and oxygen atoms in total. The number of methoxy groups -OCH3 is 1.